The summed E-state index contributed by atoms with van der Waals surface area (Å²) in [7, 11) is 0. The Labute approximate surface area is 129 Å². The highest BCUT2D eigenvalue weighted by molar-refractivity contribution is 6.30. The summed E-state index contributed by atoms with van der Waals surface area (Å²) < 4.78 is 13.5. The fourth-order valence-corrected chi connectivity index (χ4v) is 2.37. The molecule has 1 heterocycles. The van der Waals surface area contributed by atoms with E-state index in [1.807, 2.05) is 12.1 Å². The van der Waals surface area contributed by atoms with Crippen LogP contribution in [-0.4, -0.2) is 16.5 Å². The summed E-state index contributed by atoms with van der Waals surface area (Å²) in [5, 5.41) is 3.79. The van der Waals surface area contributed by atoms with Crippen molar-refractivity contribution in [3.05, 3.63) is 52.3 Å². The van der Waals surface area contributed by atoms with Crippen molar-refractivity contribution in [1.29, 1.82) is 0 Å². The predicted octanol–water partition coefficient (Wildman–Crippen LogP) is 3.88. The lowest BCUT2D eigenvalue weighted by Crippen LogP contribution is -2.17. The molecule has 0 unspecified atom stereocenters. The predicted molar refractivity (Wildman–Crippen MR) is 84.0 cm³/mol. The summed E-state index contributed by atoms with van der Waals surface area (Å²) >= 11 is 6.10. The first kappa shape index (κ1) is 16.0. The molecule has 2 aromatic rings. The van der Waals surface area contributed by atoms with Crippen LogP contribution in [0.5, 0.6) is 0 Å². The molecule has 0 aliphatic heterocycles. The Morgan fingerprint density at radius 1 is 1.29 bits per heavy atom. The molecule has 0 fully saturated rings. The maximum atomic E-state index is 13.5. The van der Waals surface area contributed by atoms with Crippen molar-refractivity contribution in [3.8, 4) is 0 Å². The lowest BCUT2D eigenvalue weighted by molar-refractivity contribution is 0.596. The molecule has 114 valence electrons. The topological polar surface area (TPSA) is 40.7 Å². The zero-order valence-corrected chi connectivity index (χ0v) is 13.0. The number of rotatable bonds is 8. The first-order chi connectivity index (χ1) is 10.2. The quantitative estimate of drug-likeness (QED) is 0.727. The van der Waals surface area contributed by atoms with Crippen LogP contribution >= 0.6 is 11.6 Å². The number of imidazole rings is 1. The van der Waals surface area contributed by atoms with E-state index in [9.17, 15) is 4.39 Å². The molecular formula is C16H21ClFN3. The standard InChI is InChI=1S/C16H21ClFN3/c1-2-3-8-15-20-14(16(17)21-15)11-19-10-9-12-6-4-5-7-13(12)18/h4-7,19H,2-3,8-11H2,1H3,(H,20,21). The Bertz CT molecular complexity index is 568. The Kier molecular flexibility index (Phi) is 6.21. The maximum absolute atomic E-state index is 13.5. The van der Waals surface area contributed by atoms with Crippen LogP contribution in [0.4, 0.5) is 4.39 Å². The van der Waals surface area contributed by atoms with Gasteiger partial charge in [0, 0.05) is 13.0 Å². The van der Waals surface area contributed by atoms with Gasteiger partial charge in [0.25, 0.3) is 0 Å². The normalized spacial score (nSPS) is 11.0. The van der Waals surface area contributed by atoms with E-state index in [4.69, 9.17) is 11.6 Å². The van der Waals surface area contributed by atoms with Gasteiger partial charge < -0.3 is 10.3 Å². The van der Waals surface area contributed by atoms with Crippen LogP contribution in [0, 0.1) is 5.82 Å². The first-order valence-corrected chi connectivity index (χ1v) is 7.76. The Hall–Kier alpha value is -1.39. The lowest BCUT2D eigenvalue weighted by Gasteiger charge is -2.05. The maximum Gasteiger partial charge on any atom is 0.151 e. The van der Waals surface area contributed by atoms with Crippen molar-refractivity contribution < 1.29 is 4.39 Å². The summed E-state index contributed by atoms with van der Waals surface area (Å²) in [6.07, 6.45) is 3.81. The second-order valence-electron chi connectivity index (χ2n) is 5.07. The molecule has 0 bridgehead atoms. The minimum Gasteiger partial charge on any atom is -0.344 e. The average molecular weight is 310 g/mol. The number of aryl methyl sites for hydroxylation is 1. The number of halogens is 2. The minimum atomic E-state index is -0.152. The number of benzene rings is 1. The van der Waals surface area contributed by atoms with Crippen LogP contribution in [-0.2, 0) is 19.4 Å². The first-order valence-electron chi connectivity index (χ1n) is 7.38. The number of nitrogens with one attached hydrogen (secondary N) is 2. The van der Waals surface area contributed by atoms with Gasteiger partial charge in [-0.3, -0.25) is 0 Å². The second-order valence-corrected chi connectivity index (χ2v) is 5.43. The van der Waals surface area contributed by atoms with Crippen LogP contribution in [0.1, 0.15) is 36.8 Å². The van der Waals surface area contributed by atoms with Gasteiger partial charge in [0.1, 0.15) is 11.6 Å². The molecule has 0 spiro atoms. The molecule has 1 aromatic carbocycles. The van der Waals surface area contributed by atoms with E-state index >= 15 is 0 Å². The SMILES string of the molecule is CCCCc1nc(Cl)c(CNCCc2ccccc2F)[nH]1. The van der Waals surface area contributed by atoms with Crippen molar-refractivity contribution in [2.45, 2.75) is 39.2 Å². The van der Waals surface area contributed by atoms with Crippen molar-refractivity contribution in [2.24, 2.45) is 0 Å². The molecule has 1 aromatic heterocycles. The molecule has 2 rings (SSSR count). The zero-order valence-electron chi connectivity index (χ0n) is 12.3. The minimum absolute atomic E-state index is 0.152. The highest BCUT2D eigenvalue weighted by Gasteiger charge is 2.07. The third-order valence-electron chi connectivity index (χ3n) is 3.38. The fraction of sp³-hybridized carbons (Fsp3) is 0.438. The molecule has 2 N–H and O–H groups in total. The molecule has 0 amide bonds. The molecule has 0 atom stereocenters. The summed E-state index contributed by atoms with van der Waals surface area (Å²) in [5.41, 5.74) is 1.63. The van der Waals surface area contributed by atoms with Crippen molar-refractivity contribution in [3.63, 3.8) is 0 Å². The Balaban J connectivity index is 1.78. The molecule has 0 radical (unpaired) electrons. The lowest BCUT2D eigenvalue weighted by atomic mass is 10.1. The summed E-state index contributed by atoms with van der Waals surface area (Å²) in [6.45, 7) is 3.46. The summed E-state index contributed by atoms with van der Waals surface area (Å²) in [5.74, 6) is 0.786. The van der Waals surface area contributed by atoms with Crippen LogP contribution in [0.15, 0.2) is 24.3 Å². The van der Waals surface area contributed by atoms with E-state index in [2.05, 4.69) is 22.2 Å². The van der Waals surface area contributed by atoms with Crippen LogP contribution in [0.25, 0.3) is 0 Å². The largest absolute Gasteiger partial charge is 0.344 e. The monoisotopic (exact) mass is 309 g/mol. The third kappa shape index (κ3) is 4.83. The van der Waals surface area contributed by atoms with E-state index in [0.29, 0.717) is 24.7 Å². The molecule has 0 saturated heterocycles. The smallest absolute Gasteiger partial charge is 0.151 e. The molecule has 3 nitrogen and oxygen atoms in total. The van der Waals surface area contributed by atoms with E-state index in [-0.39, 0.29) is 5.82 Å². The van der Waals surface area contributed by atoms with Gasteiger partial charge in [-0.1, -0.05) is 43.1 Å². The summed E-state index contributed by atoms with van der Waals surface area (Å²) in [6, 6.07) is 6.85. The molecule has 0 aliphatic carbocycles. The van der Waals surface area contributed by atoms with Crippen molar-refractivity contribution >= 4 is 11.6 Å². The van der Waals surface area contributed by atoms with E-state index < -0.39 is 0 Å². The van der Waals surface area contributed by atoms with Crippen molar-refractivity contribution in [2.75, 3.05) is 6.54 Å². The van der Waals surface area contributed by atoms with Crippen LogP contribution in [0.2, 0.25) is 5.15 Å². The van der Waals surface area contributed by atoms with Crippen LogP contribution in [0.3, 0.4) is 0 Å². The van der Waals surface area contributed by atoms with Gasteiger partial charge in [-0.25, -0.2) is 9.37 Å². The Morgan fingerprint density at radius 2 is 2.10 bits per heavy atom. The number of hydrogen-bond donors (Lipinski definition) is 2. The van der Waals surface area contributed by atoms with E-state index in [1.165, 1.54) is 6.07 Å². The number of nitrogens with zero attached hydrogens (tertiary/aromatic N) is 1. The van der Waals surface area contributed by atoms with Gasteiger partial charge in [0.2, 0.25) is 0 Å². The van der Waals surface area contributed by atoms with Gasteiger partial charge in [-0.05, 0) is 31.0 Å². The molecule has 0 aliphatic rings. The van der Waals surface area contributed by atoms with Gasteiger partial charge in [-0.15, -0.1) is 0 Å². The number of H-pyrrole nitrogens is 1. The second kappa shape index (κ2) is 8.15. The van der Waals surface area contributed by atoms with Gasteiger partial charge in [-0.2, -0.15) is 0 Å². The fourth-order valence-electron chi connectivity index (χ4n) is 2.16. The molecule has 0 saturated carbocycles. The average Bonchev–Trinajstić information content (AvgIpc) is 2.83. The number of unbranched alkanes of at least 4 members (excludes halogenated alkanes) is 1. The highest BCUT2D eigenvalue weighted by Crippen LogP contribution is 2.14. The number of hydrogen-bond acceptors (Lipinski definition) is 2. The highest BCUT2D eigenvalue weighted by atomic mass is 35.5. The zero-order chi connectivity index (χ0) is 15.1. The van der Waals surface area contributed by atoms with Gasteiger partial charge >= 0.3 is 0 Å². The number of aromatic amines is 1. The van der Waals surface area contributed by atoms with Crippen LogP contribution < -0.4 is 5.32 Å². The van der Waals surface area contributed by atoms with Gasteiger partial charge in [0.15, 0.2) is 5.15 Å². The van der Waals surface area contributed by atoms with E-state index in [0.717, 1.165) is 36.3 Å². The van der Waals surface area contributed by atoms with Crippen molar-refractivity contribution in [1.82, 2.24) is 15.3 Å². The molecule has 5 heteroatoms. The molecule has 21 heavy (non-hydrogen) atoms. The summed E-state index contributed by atoms with van der Waals surface area (Å²) in [4.78, 5) is 7.56. The number of aromatic nitrogens is 2. The Morgan fingerprint density at radius 3 is 2.86 bits per heavy atom. The van der Waals surface area contributed by atoms with E-state index in [1.54, 1.807) is 6.07 Å². The van der Waals surface area contributed by atoms with Gasteiger partial charge in [0.05, 0.1) is 5.69 Å². The third-order valence-corrected chi connectivity index (χ3v) is 3.69. The molecular weight excluding hydrogens is 289 g/mol.